The lowest BCUT2D eigenvalue weighted by molar-refractivity contribution is 0.0696. The van der Waals surface area contributed by atoms with Crippen molar-refractivity contribution in [3.05, 3.63) is 23.0 Å². The monoisotopic (exact) mass is 193 g/mol. The van der Waals surface area contributed by atoms with E-state index in [1.165, 1.54) is 0 Å². The number of aromatic carboxylic acids is 1. The maximum Gasteiger partial charge on any atom is 0.337 e. The highest BCUT2D eigenvalue weighted by Gasteiger charge is 2.29. The highest BCUT2D eigenvalue weighted by Crippen LogP contribution is 2.41. The molecule has 0 unspecified atom stereocenters. The second kappa shape index (κ2) is 3.48. The van der Waals surface area contributed by atoms with Gasteiger partial charge in [-0.2, -0.15) is 0 Å². The minimum atomic E-state index is -0.800. The molecule has 0 saturated heterocycles. The molecule has 1 heterocycles. The Morgan fingerprint density at radius 1 is 1.64 bits per heavy atom. The molecule has 3 heteroatoms. The zero-order valence-electron chi connectivity index (χ0n) is 8.34. The van der Waals surface area contributed by atoms with Crippen LogP contribution in [0.4, 0.5) is 0 Å². The van der Waals surface area contributed by atoms with Crippen molar-refractivity contribution in [1.29, 1.82) is 0 Å². The summed E-state index contributed by atoms with van der Waals surface area (Å²) in [6, 6.07) is 1.79. The molecule has 76 valence electrons. The first kappa shape index (κ1) is 9.31. The second-order valence-electron chi connectivity index (χ2n) is 3.95. The van der Waals surface area contributed by atoms with Gasteiger partial charge in [-0.1, -0.05) is 13.3 Å². The van der Waals surface area contributed by atoms with Crippen LogP contribution in [0.3, 0.4) is 0 Å². The summed E-state index contributed by atoms with van der Waals surface area (Å²) in [5.74, 6) is -0.322. The van der Waals surface area contributed by atoms with E-state index in [-0.39, 0.29) is 0 Å². The first-order valence-corrected chi connectivity index (χ1v) is 5.17. The molecule has 0 bridgehead atoms. The van der Waals surface area contributed by atoms with Crippen molar-refractivity contribution in [3.8, 4) is 0 Å². The molecule has 0 aliphatic heterocycles. The lowest BCUT2D eigenvalue weighted by atomic mass is 10.1. The zero-order valence-corrected chi connectivity index (χ0v) is 8.34. The summed E-state index contributed by atoms with van der Waals surface area (Å²) >= 11 is 0. The predicted octanol–water partition coefficient (Wildman–Crippen LogP) is 2.54. The summed E-state index contributed by atoms with van der Waals surface area (Å²) < 4.78 is 0. The lowest BCUT2D eigenvalue weighted by Crippen LogP contribution is -1.98. The fourth-order valence-electron chi connectivity index (χ4n) is 1.80. The number of rotatable bonds is 4. The van der Waals surface area contributed by atoms with Gasteiger partial charge in [-0.05, 0) is 31.2 Å². The Labute approximate surface area is 83.1 Å². The van der Waals surface area contributed by atoms with Gasteiger partial charge in [0.05, 0.1) is 5.56 Å². The average Bonchev–Trinajstić information content (AvgIpc) is 2.88. The van der Waals surface area contributed by atoms with E-state index in [0.717, 1.165) is 37.1 Å². The Hall–Kier alpha value is -1.25. The van der Waals surface area contributed by atoms with Crippen molar-refractivity contribution in [2.75, 3.05) is 0 Å². The molecule has 0 atom stereocenters. The highest BCUT2D eigenvalue weighted by molar-refractivity contribution is 5.89. The Bertz CT molecular complexity index is 350. The summed E-state index contributed by atoms with van der Waals surface area (Å²) in [4.78, 5) is 14.2. The number of aromatic nitrogens is 1. The molecule has 1 aliphatic carbocycles. The molecular formula is C11H15NO2. The van der Waals surface area contributed by atoms with Crippen LogP contribution in [-0.4, -0.2) is 16.1 Å². The smallest absolute Gasteiger partial charge is 0.337 e. The summed E-state index contributed by atoms with van der Waals surface area (Å²) in [6.45, 7) is 2.10. The summed E-state index contributed by atoms with van der Waals surface area (Å²) in [6.07, 6.45) is 4.25. The number of carboxylic acids is 1. The number of hydrogen-bond donors (Lipinski definition) is 2. The second-order valence-corrected chi connectivity index (χ2v) is 3.95. The van der Waals surface area contributed by atoms with E-state index in [9.17, 15) is 4.79 Å². The fourth-order valence-corrected chi connectivity index (χ4v) is 1.80. The van der Waals surface area contributed by atoms with Gasteiger partial charge < -0.3 is 10.1 Å². The number of carbonyl (C=O) groups is 1. The van der Waals surface area contributed by atoms with Crippen LogP contribution in [-0.2, 0) is 6.42 Å². The zero-order chi connectivity index (χ0) is 10.1. The van der Waals surface area contributed by atoms with Gasteiger partial charge in [0.15, 0.2) is 0 Å². The van der Waals surface area contributed by atoms with Gasteiger partial charge >= 0.3 is 5.97 Å². The molecule has 3 nitrogen and oxygen atoms in total. The van der Waals surface area contributed by atoms with Crippen LogP contribution in [0.25, 0.3) is 0 Å². The number of H-pyrrole nitrogens is 1. The van der Waals surface area contributed by atoms with Crippen molar-refractivity contribution >= 4 is 5.97 Å². The maximum atomic E-state index is 11.0. The van der Waals surface area contributed by atoms with Crippen LogP contribution in [0.2, 0.25) is 0 Å². The van der Waals surface area contributed by atoms with Crippen LogP contribution in [0, 0.1) is 0 Å². The summed E-state index contributed by atoms with van der Waals surface area (Å²) in [5.41, 5.74) is 2.49. The number of carboxylic acid groups (broad SMARTS) is 1. The molecule has 0 amide bonds. The number of aryl methyl sites for hydroxylation is 1. The molecule has 2 N–H and O–H groups in total. The quantitative estimate of drug-likeness (QED) is 0.772. The molecule has 1 aromatic rings. The fraction of sp³-hybridized carbons (Fsp3) is 0.545. The van der Waals surface area contributed by atoms with Crippen molar-refractivity contribution in [2.45, 2.75) is 38.5 Å². The van der Waals surface area contributed by atoms with Crippen molar-refractivity contribution < 1.29 is 9.90 Å². The van der Waals surface area contributed by atoms with Crippen LogP contribution >= 0.6 is 0 Å². The topological polar surface area (TPSA) is 53.1 Å². The summed E-state index contributed by atoms with van der Waals surface area (Å²) in [5, 5.41) is 9.00. The molecule has 0 radical (unpaired) electrons. The van der Waals surface area contributed by atoms with Gasteiger partial charge in [0, 0.05) is 11.4 Å². The van der Waals surface area contributed by atoms with E-state index >= 15 is 0 Å². The van der Waals surface area contributed by atoms with Gasteiger partial charge in [0.1, 0.15) is 0 Å². The Morgan fingerprint density at radius 3 is 2.86 bits per heavy atom. The molecule has 1 fully saturated rings. The van der Waals surface area contributed by atoms with E-state index in [1.54, 1.807) is 6.07 Å². The third-order valence-corrected chi connectivity index (χ3v) is 2.64. The van der Waals surface area contributed by atoms with Gasteiger partial charge in [0.25, 0.3) is 0 Å². The van der Waals surface area contributed by atoms with Gasteiger partial charge in [-0.15, -0.1) is 0 Å². The highest BCUT2D eigenvalue weighted by atomic mass is 16.4. The van der Waals surface area contributed by atoms with Gasteiger partial charge in [-0.25, -0.2) is 4.79 Å². The number of aromatic amines is 1. The van der Waals surface area contributed by atoms with Gasteiger partial charge in [0.2, 0.25) is 0 Å². The third-order valence-electron chi connectivity index (χ3n) is 2.64. The van der Waals surface area contributed by atoms with Crippen LogP contribution in [0.15, 0.2) is 6.07 Å². The molecule has 1 aliphatic rings. The van der Waals surface area contributed by atoms with Crippen LogP contribution < -0.4 is 0 Å². The Kier molecular flexibility index (Phi) is 2.32. The molecule has 0 aromatic carbocycles. The van der Waals surface area contributed by atoms with Crippen molar-refractivity contribution in [3.63, 3.8) is 0 Å². The maximum absolute atomic E-state index is 11.0. The van der Waals surface area contributed by atoms with Crippen LogP contribution in [0.1, 0.15) is 53.8 Å². The van der Waals surface area contributed by atoms with Crippen LogP contribution in [0.5, 0.6) is 0 Å². The first-order valence-electron chi connectivity index (χ1n) is 5.17. The first-order chi connectivity index (χ1) is 6.72. The summed E-state index contributed by atoms with van der Waals surface area (Å²) in [7, 11) is 0. The lowest BCUT2D eigenvalue weighted by Gasteiger charge is -1.95. The SMILES string of the molecule is CCCc1cc(C(=O)O)c(C2CC2)[nH]1. The predicted molar refractivity (Wildman–Crippen MR) is 53.7 cm³/mol. The minimum Gasteiger partial charge on any atom is -0.478 e. The van der Waals surface area contributed by atoms with E-state index in [4.69, 9.17) is 5.11 Å². The van der Waals surface area contributed by atoms with E-state index < -0.39 is 5.97 Å². The average molecular weight is 193 g/mol. The molecule has 14 heavy (non-hydrogen) atoms. The third kappa shape index (κ3) is 1.67. The van der Waals surface area contributed by atoms with Crippen molar-refractivity contribution in [2.24, 2.45) is 0 Å². The number of nitrogens with one attached hydrogen (secondary N) is 1. The Morgan fingerprint density at radius 2 is 2.36 bits per heavy atom. The Balaban J connectivity index is 2.30. The van der Waals surface area contributed by atoms with Crippen molar-refractivity contribution in [1.82, 2.24) is 4.98 Å². The van der Waals surface area contributed by atoms with E-state index in [2.05, 4.69) is 11.9 Å². The molecular weight excluding hydrogens is 178 g/mol. The van der Waals surface area contributed by atoms with Gasteiger partial charge in [-0.3, -0.25) is 0 Å². The standard InChI is InChI=1S/C11H15NO2/c1-2-3-8-6-9(11(13)14)10(12-8)7-4-5-7/h6-7,12H,2-5H2,1H3,(H,13,14). The van der Waals surface area contributed by atoms with E-state index in [0.29, 0.717) is 11.5 Å². The minimum absolute atomic E-state index is 0.478. The molecule has 2 rings (SSSR count). The molecule has 1 saturated carbocycles. The largest absolute Gasteiger partial charge is 0.478 e. The molecule has 1 aromatic heterocycles. The molecule has 0 spiro atoms. The normalized spacial score (nSPS) is 15.8. The number of hydrogen-bond acceptors (Lipinski definition) is 1. The van der Waals surface area contributed by atoms with E-state index in [1.807, 2.05) is 0 Å².